The maximum absolute atomic E-state index is 14.4. The average molecular weight is 441 g/mol. The predicted molar refractivity (Wildman–Crippen MR) is 138 cm³/mol. The summed E-state index contributed by atoms with van der Waals surface area (Å²) in [6.07, 6.45) is 27.5. The molecule has 0 bridgehead atoms. The molecule has 1 fully saturated rings. The number of aryl methyl sites for hydroxylation is 2. The summed E-state index contributed by atoms with van der Waals surface area (Å²) in [6, 6.07) is 6.00. The van der Waals surface area contributed by atoms with Crippen molar-refractivity contribution in [1.82, 2.24) is 0 Å². The molecular formula is C31H49F. The van der Waals surface area contributed by atoms with Gasteiger partial charge in [-0.05, 0) is 106 Å². The molecule has 1 unspecified atom stereocenters. The smallest absolute Gasteiger partial charge is 0.126 e. The van der Waals surface area contributed by atoms with Crippen molar-refractivity contribution >= 4 is 0 Å². The van der Waals surface area contributed by atoms with Crippen LogP contribution in [-0.4, -0.2) is 0 Å². The molecule has 32 heavy (non-hydrogen) atoms. The second-order valence-electron chi connectivity index (χ2n) is 11.1. The largest absolute Gasteiger partial charge is 0.207 e. The molecule has 1 atom stereocenters. The van der Waals surface area contributed by atoms with Crippen LogP contribution < -0.4 is 0 Å². The van der Waals surface area contributed by atoms with Crippen molar-refractivity contribution in [1.29, 1.82) is 0 Å². The third kappa shape index (κ3) is 8.03. The third-order valence-corrected chi connectivity index (χ3v) is 8.57. The maximum Gasteiger partial charge on any atom is 0.126 e. The van der Waals surface area contributed by atoms with E-state index < -0.39 is 0 Å². The van der Waals surface area contributed by atoms with Gasteiger partial charge in [0.1, 0.15) is 5.82 Å². The van der Waals surface area contributed by atoms with Crippen LogP contribution in [-0.2, 0) is 12.8 Å². The summed E-state index contributed by atoms with van der Waals surface area (Å²) in [5.41, 5.74) is 4.37. The van der Waals surface area contributed by atoms with Crippen molar-refractivity contribution in [2.45, 2.75) is 136 Å². The van der Waals surface area contributed by atoms with Crippen LogP contribution in [0.1, 0.15) is 134 Å². The van der Waals surface area contributed by atoms with Gasteiger partial charge in [-0.3, -0.25) is 0 Å². The molecule has 0 saturated heterocycles. The molecular weight excluding hydrogens is 391 g/mol. The normalized spacial score (nSPS) is 20.8. The molecule has 1 aromatic carbocycles. The summed E-state index contributed by atoms with van der Waals surface area (Å²) in [5.74, 6) is 0.912. The molecule has 0 spiro atoms. The van der Waals surface area contributed by atoms with Crippen molar-refractivity contribution in [2.24, 2.45) is 11.3 Å². The highest BCUT2D eigenvalue weighted by Gasteiger charge is 2.31. The minimum absolute atomic E-state index is 0.0102. The summed E-state index contributed by atoms with van der Waals surface area (Å²) in [6.45, 7) is 4.54. The van der Waals surface area contributed by atoms with E-state index >= 15 is 0 Å². The molecule has 0 N–H and O–H groups in total. The molecule has 1 aromatic rings. The zero-order valence-corrected chi connectivity index (χ0v) is 21.2. The number of halogens is 1. The fourth-order valence-electron chi connectivity index (χ4n) is 6.24. The van der Waals surface area contributed by atoms with Crippen molar-refractivity contribution < 1.29 is 4.39 Å². The lowest BCUT2D eigenvalue weighted by Gasteiger charge is -2.39. The van der Waals surface area contributed by atoms with Crippen molar-refractivity contribution in [3.05, 3.63) is 46.8 Å². The number of benzene rings is 1. The standard InChI is InChI=1S/C31H49F/c1-3-5-8-11-29-19-18-28(25-30(29)32)17-16-26-12-14-27(15-13-26)20-24-31(21-6-4-2)22-9-7-10-23-31/h12,18-19,25,27H,3-11,13-17,20-24H2,1-2H3. The lowest BCUT2D eigenvalue weighted by molar-refractivity contribution is 0.138. The molecule has 0 nitrogen and oxygen atoms in total. The molecule has 0 heterocycles. The van der Waals surface area contributed by atoms with Gasteiger partial charge in [-0.1, -0.05) is 82.6 Å². The maximum atomic E-state index is 14.4. The van der Waals surface area contributed by atoms with Gasteiger partial charge in [0.05, 0.1) is 0 Å². The summed E-state index contributed by atoms with van der Waals surface area (Å²) in [5, 5.41) is 0. The second kappa shape index (κ2) is 13.6. The van der Waals surface area contributed by atoms with E-state index in [2.05, 4.69) is 26.0 Å². The van der Waals surface area contributed by atoms with E-state index in [4.69, 9.17) is 0 Å². The zero-order chi connectivity index (χ0) is 22.7. The quantitative estimate of drug-likeness (QED) is 0.211. The van der Waals surface area contributed by atoms with Crippen LogP contribution in [0.3, 0.4) is 0 Å². The van der Waals surface area contributed by atoms with E-state index in [-0.39, 0.29) is 5.82 Å². The van der Waals surface area contributed by atoms with Crippen molar-refractivity contribution in [2.75, 3.05) is 0 Å². The summed E-state index contributed by atoms with van der Waals surface area (Å²) < 4.78 is 14.4. The first-order valence-corrected chi connectivity index (χ1v) is 14.1. The molecule has 0 aliphatic heterocycles. The van der Waals surface area contributed by atoms with Gasteiger partial charge in [0, 0.05) is 0 Å². The number of allylic oxidation sites excluding steroid dienone is 2. The molecule has 0 aromatic heterocycles. The molecule has 180 valence electrons. The molecule has 0 radical (unpaired) electrons. The predicted octanol–water partition coefficient (Wildman–Crippen LogP) is 10.1. The summed E-state index contributed by atoms with van der Waals surface area (Å²) in [4.78, 5) is 0. The van der Waals surface area contributed by atoms with Crippen LogP contribution in [0.25, 0.3) is 0 Å². The third-order valence-electron chi connectivity index (χ3n) is 8.57. The van der Waals surface area contributed by atoms with Gasteiger partial charge in [-0.15, -0.1) is 0 Å². The Hall–Kier alpha value is -1.11. The molecule has 1 saturated carbocycles. The number of rotatable bonds is 13. The van der Waals surface area contributed by atoms with Gasteiger partial charge in [-0.2, -0.15) is 0 Å². The van der Waals surface area contributed by atoms with E-state index in [1.165, 1.54) is 102 Å². The van der Waals surface area contributed by atoms with E-state index in [0.29, 0.717) is 5.41 Å². The first-order chi connectivity index (χ1) is 15.6. The van der Waals surface area contributed by atoms with E-state index in [1.807, 2.05) is 6.07 Å². The van der Waals surface area contributed by atoms with Gasteiger partial charge >= 0.3 is 0 Å². The fraction of sp³-hybridized carbons (Fsp3) is 0.742. The van der Waals surface area contributed by atoms with E-state index in [9.17, 15) is 4.39 Å². The first-order valence-electron chi connectivity index (χ1n) is 14.1. The molecule has 2 aliphatic rings. The van der Waals surface area contributed by atoms with Gasteiger partial charge < -0.3 is 0 Å². The minimum atomic E-state index is 0.0102. The molecule has 0 amide bonds. The lowest BCUT2D eigenvalue weighted by Crippen LogP contribution is -2.25. The highest BCUT2D eigenvalue weighted by Crippen LogP contribution is 2.46. The Morgan fingerprint density at radius 2 is 1.72 bits per heavy atom. The Labute approximate surface area is 198 Å². The number of unbranched alkanes of at least 4 members (excludes halogenated alkanes) is 3. The van der Waals surface area contributed by atoms with Gasteiger partial charge in [0.15, 0.2) is 0 Å². The van der Waals surface area contributed by atoms with E-state index in [1.54, 1.807) is 11.6 Å². The Bertz CT molecular complexity index is 694. The monoisotopic (exact) mass is 440 g/mol. The Balaban J connectivity index is 1.42. The first kappa shape index (κ1) is 25.5. The summed E-state index contributed by atoms with van der Waals surface area (Å²) >= 11 is 0. The molecule has 3 rings (SSSR count). The van der Waals surface area contributed by atoms with Crippen molar-refractivity contribution in [3.8, 4) is 0 Å². The highest BCUT2D eigenvalue weighted by molar-refractivity contribution is 5.25. The lowest BCUT2D eigenvalue weighted by atomic mass is 9.67. The highest BCUT2D eigenvalue weighted by atomic mass is 19.1. The second-order valence-corrected chi connectivity index (χ2v) is 11.1. The van der Waals surface area contributed by atoms with Gasteiger partial charge in [0.25, 0.3) is 0 Å². The van der Waals surface area contributed by atoms with Crippen LogP contribution in [0.4, 0.5) is 4.39 Å². The SMILES string of the molecule is CCCCCc1ccc(CCC2=CCC(CCC3(CCCC)CCCCC3)CC2)cc1F. The van der Waals surface area contributed by atoms with Gasteiger partial charge in [-0.25, -0.2) is 4.39 Å². The number of hydrogen-bond acceptors (Lipinski definition) is 0. The van der Waals surface area contributed by atoms with Crippen molar-refractivity contribution in [3.63, 3.8) is 0 Å². The Morgan fingerprint density at radius 3 is 2.41 bits per heavy atom. The van der Waals surface area contributed by atoms with Crippen LogP contribution in [0.15, 0.2) is 29.8 Å². The Morgan fingerprint density at radius 1 is 0.906 bits per heavy atom. The van der Waals surface area contributed by atoms with Crippen LogP contribution in [0.5, 0.6) is 0 Å². The fourth-order valence-corrected chi connectivity index (χ4v) is 6.24. The van der Waals surface area contributed by atoms with Gasteiger partial charge in [0.2, 0.25) is 0 Å². The van der Waals surface area contributed by atoms with Crippen LogP contribution >= 0.6 is 0 Å². The van der Waals surface area contributed by atoms with Crippen LogP contribution in [0, 0.1) is 17.2 Å². The topological polar surface area (TPSA) is 0 Å². The van der Waals surface area contributed by atoms with E-state index in [0.717, 1.165) is 37.2 Å². The summed E-state index contributed by atoms with van der Waals surface area (Å²) in [7, 11) is 0. The zero-order valence-electron chi connectivity index (χ0n) is 21.2. The average Bonchev–Trinajstić information content (AvgIpc) is 2.83. The molecule has 1 heteroatoms. The molecule has 2 aliphatic carbocycles. The Kier molecular flexibility index (Phi) is 10.8. The van der Waals surface area contributed by atoms with Crippen LogP contribution in [0.2, 0.25) is 0 Å². The minimum Gasteiger partial charge on any atom is -0.207 e. The number of hydrogen-bond donors (Lipinski definition) is 0.